The molecule has 4 rings (SSSR count). The van der Waals surface area contributed by atoms with Crippen molar-refractivity contribution in [2.75, 3.05) is 31.1 Å². The molecular weight excluding hydrogens is 446 g/mol. The molecule has 2 heterocycles. The lowest BCUT2D eigenvalue weighted by Gasteiger charge is -2.33. The minimum Gasteiger partial charge on any atom is -0.345 e. The fourth-order valence-corrected chi connectivity index (χ4v) is 5.60. The summed E-state index contributed by atoms with van der Waals surface area (Å²) in [7, 11) is -3.45. The second kappa shape index (κ2) is 7.71. The van der Waals surface area contributed by atoms with Crippen LogP contribution in [0.15, 0.2) is 69.3 Å². The van der Waals surface area contributed by atoms with E-state index in [0.717, 1.165) is 20.9 Å². The Morgan fingerprint density at radius 1 is 0.926 bits per heavy atom. The largest absolute Gasteiger partial charge is 0.345 e. The molecule has 0 N–H and O–H groups in total. The molecule has 1 fully saturated rings. The highest BCUT2D eigenvalue weighted by atomic mass is 79.9. The van der Waals surface area contributed by atoms with Gasteiger partial charge in [-0.25, -0.2) is 13.4 Å². The summed E-state index contributed by atoms with van der Waals surface area (Å²) in [5.41, 5.74) is 2.05. The third kappa shape index (κ3) is 3.94. The van der Waals surface area contributed by atoms with Gasteiger partial charge in [-0.05, 0) is 24.3 Å². The molecule has 1 saturated heterocycles. The number of nitrogens with zero attached hydrogens (tertiary/aromatic N) is 3. The van der Waals surface area contributed by atoms with Gasteiger partial charge in [-0.15, -0.1) is 11.3 Å². The van der Waals surface area contributed by atoms with Crippen molar-refractivity contribution in [3.63, 3.8) is 0 Å². The number of hydrogen-bond acceptors (Lipinski definition) is 5. The van der Waals surface area contributed by atoms with Gasteiger partial charge in [0, 0.05) is 41.6 Å². The first-order valence-corrected chi connectivity index (χ1v) is 11.7. The van der Waals surface area contributed by atoms with E-state index in [9.17, 15) is 8.42 Å². The fourth-order valence-electron chi connectivity index (χ4n) is 3.03. The Morgan fingerprint density at radius 2 is 1.59 bits per heavy atom. The highest BCUT2D eigenvalue weighted by Crippen LogP contribution is 2.29. The minimum atomic E-state index is -3.45. The third-order valence-corrected chi connectivity index (χ3v) is 7.87. The van der Waals surface area contributed by atoms with Crippen LogP contribution in [0.1, 0.15) is 0 Å². The third-order valence-electron chi connectivity index (χ3n) is 4.52. The molecule has 0 radical (unpaired) electrons. The zero-order valence-corrected chi connectivity index (χ0v) is 17.7. The van der Waals surface area contributed by atoms with Gasteiger partial charge in [0.1, 0.15) is 0 Å². The Kier molecular flexibility index (Phi) is 5.32. The fraction of sp³-hybridized carbons (Fsp3) is 0.211. The maximum atomic E-state index is 12.8. The number of piperazine rings is 1. The topological polar surface area (TPSA) is 53.5 Å². The van der Waals surface area contributed by atoms with Crippen molar-refractivity contribution in [3.05, 3.63) is 64.5 Å². The van der Waals surface area contributed by atoms with Crippen LogP contribution in [0, 0.1) is 0 Å². The Balaban J connectivity index is 1.45. The van der Waals surface area contributed by atoms with Crippen molar-refractivity contribution in [3.8, 4) is 11.3 Å². The van der Waals surface area contributed by atoms with Crippen molar-refractivity contribution in [2.45, 2.75) is 4.90 Å². The van der Waals surface area contributed by atoms with E-state index < -0.39 is 10.0 Å². The van der Waals surface area contributed by atoms with E-state index in [1.165, 1.54) is 0 Å². The van der Waals surface area contributed by atoms with Crippen molar-refractivity contribution >= 4 is 42.4 Å². The Hall–Kier alpha value is -1.74. The van der Waals surface area contributed by atoms with Crippen molar-refractivity contribution < 1.29 is 8.42 Å². The number of benzene rings is 2. The SMILES string of the molecule is O=S(=O)(c1ccc(Br)cc1)N1CCN(c2nc(-c3ccccc3)cs2)CC1. The van der Waals surface area contributed by atoms with Crippen molar-refractivity contribution in [2.24, 2.45) is 0 Å². The summed E-state index contributed by atoms with van der Waals surface area (Å²) in [6.07, 6.45) is 0. The first-order chi connectivity index (χ1) is 13.0. The predicted molar refractivity (Wildman–Crippen MR) is 113 cm³/mol. The van der Waals surface area contributed by atoms with Gasteiger partial charge in [0.15, 0.2) is 5.13 Å². The molecule has 0 spiro atoms. The minimum absolute atomic E-state index is 0.333. The quantitative estimate of drug-likeness (QED) is 0.584. The zero-order valence-electron chi connectivity index (χ0n) is 14.5. The second-order valence-electron chi connectivity index (χ2n) is 6.23. The van der Waals surface area contributed by atoms with Crippen LogP contribution in [-0.4, -0.2) is 43.9 Å². The van der Waals surface area contributed by atoms with E-state index in [4.69, 9.17) is 4.98 Å². The van der Waals surface area contributed by atoms with Crippen LogP contribution in [0.25, 0.3) is 11.3 Å². The van der Waals surface area contributed by atoms with Crippen LogP contribution in [-0.2, 0) is 10.0 Å². The number of aromatic nitrogens is 1. The maximum absolute atomic E-state index is 12.8. The lowest BCUT2D eigenvalue weighted by Crippen LogP contribution is -2.48. The average molecular weight is 464 g/mol. The van der Waals surface area contributed by atoms with E-state index >= 15 is 0 Å². The molecule has 2 aromatic carbocycles. The molecule has 0 bridgehead atoms. The van der Waals surface area contributed by atoms with Gasteiger partial charge in [-0.2, -0.15) is 4.31 Å². The second-order valence-corrected chi connectivity index (χ2v) is 9.92. The number of sulfonamides is 1. The number of anilines is 1. The molecule has 0 aliphatic carbocycles. The molecule has 0 atom stereocenters. The molecular formula is C19H18BrN3O2S2. The van der Waals surface area contributed by atoms with Crippen LogP contribution in [0.5, 0.6) is 0 Å². The Labute approximate surface area is 171 Å². The normalized spacial score (nSPS) is 15.8. The number of hydrogen-bond donors (Lipinski definition) is 0. The average Bonchev–Trinajstić information content (AvgIpc) is 3.19. The van der Waals surface area contributed by atoms with E-state index in [1.807, 2.05) is 30.3 Å². The van der Waals surface area contributed by atoms with Gasteiger partial charge in [0.25, 0.3) is 0 Å². The van der Waals surface area contributed by atoms with Gasteiger partial charge in [0.2, 0.25) is 10.0 Å². The monoisotopic (exact) mass is 463 g/mol. The van der Waals surface area contributed by atoms with Gasteiger partial charge in [0.05, 0.1) is 10.6 Å². The molecule has 8 heteroatoms. The smallest absolute Gasteiger partial charge is 0.243 e. The number of thiazole rings is 1. The Bertz CT molecular complexity index is 1010. The van der Waals surface area contributed by atoms with E-state index in [1.54, 1.807) is 39.9 Å². The summed E-state index contributed by atoms with van der Waals surface area (Å²) >= 11 is 4.94. The van der Waals surface area contributed by atoms with Crippen LogP contribution in [0.4, 0.5) is 5.13 Å². The summed E-state index contributed by atoms with van der Waals surface area (Å²) in [6.45, 7) is 2.19. The molecule has 1 aliphatic rings. The van der Waals surface area contributed by atoms with E-state index in [-0.39, 0.29) is 0 Å². The van der Waals surface area contributed by atoms with E-state index in [0.29, 0.717) is 31.1 Å². The maximum Gasteiger partial charge on any atom is 0.243 e. The van der Waals surface area contributed by atoms with Gasteiger partial charge in [-0.1, -0.05) is 46.3 Å². The molecule has 140 valence electrons. The summed E-state index contributed by atoms with van der Waals surface area (Å²) in [4.78, 5) is 7.22. The molecule has 1 aliphatic heterocycles. The highest BCUT2D eigenvalue weighted by Gasteiger charge is 2.29. The first-order valence-electron chi connectivity index (χ1n) is 8.56. The summed E-state index contributed by atoms with van der Waals surface area (Å²) in [5, 5.41) is 2.99. The van der Waals surface area contributed by atoms with Crippen LogP contribution in [0.2, 0.25) is 0 Å². The molecule has 3 aromatic rings. The van der Waals surface area contributed by atoms with Crippen LogP contribution >= 0.6 is 27.3 Å². The van der Waals surface area contributed by atoms with E-state index in [2.05, 4.69) is 26.2 Å². The van der Waals surface area contributed by atoms with Gasteiger partial charge < -0.3 is 4.90 Å². The first kappa shape index (κ1) is 18.6. The lowest BCUT2D eigenvalue weighted by molar-refractivity contribution is 0.385. The molecule has 27 heavy (non-hydrogen) atoms. The zero-order chi connectivity index (χ0) is 18.9. The van der Waals surface area contributed by atoms with Crippen LogP contribution < -0.4 is 4.90 Å². The van der Waals surface area contributed by atoms with Crippen molar-refractivity contribution in [1.29, 1.82) is 0 Å². The number of rotatable bonds is 4. The number of halogens is 1. The van der Waals surface area contributed by atoms with Gasteiger partial charge in [-0.3, -0.25) is 0 Å². The summed E-state index contributed by atoms with van der Waals surface area (Å²) in [5.74, 6) is 0. The molecule has 0 amide bonds. The molecule has 5 nitrogen and oxygen atoms in total. The predicted octanol–water partition coefficient (Wildman–Crippen LogP) is 4.08. The summed E-state index contributed by atoms with van der Waals surface area (Å²) < 4.78 is 28.0. The van der Waals surface area contributed by atoms with Crippen LogP contribution in [0.3, 0.4) is 0 Å². The standard InChI is InChI=1S/C19H18BrN3O2S2/c20-16-6-8-17(9-7-16)27(24,25)23-12-10-22(11-13-23)19-21-18(14-26-19)15-4-2-1-3-5-15/h1-9,14H,10-13H2. The molecule has 0 unspecified atom stereocenters. The molecule has 0 saturated carbocycles. The lowest BCUT2D eigenvalue weighted by atomic mass is 10.2. The Morgan fingerprint density at radius 3 is 2.26 bits per heavy atom. The molecule has 1 aromatic heterocycles. The van der Waals surface area contributed by atoms with Gasteiger partial charge >= 0.3 is 0 Å². The van der Waals surface area contributed by atoms with Crippen molar-refractivity contribution in [1.82, 2.24) is 9.29 Å². The summed E-state index contributed by atoms with van der Waals surface area (Å²) in [6, 6.07) is 16.9. The highest BCUT2D eigenvalue weighted by molar-refractivity contribution is 9.10.